The van der Waals surface area contributed by atoms with E-state index in [0.717, 1.165) is 21.5 Å². The Morgan fingerprint density at radius 1 is 0.852 bits per heavy atom. The van der Waals surface area contributed by atoms with Gasteiger partial charge in [0.25, 0.3) is 0 Å². The fourth-order valence-corrected chi connectivity index (χ4v) is 3.34. The molecule has 0 aliphatic heterocycles. The molecular weight excluding hydrogens is 340 g/mol. The van der Waals surface area contributed by atoms with Crippen molar-refractivity contribution in [2.45, 2.75) is 6.92 Å². The number of carbonyl (C=O) groups is 1. The van der Waals surface area contributed by atoms with Gasteiger partial charge in [-0.25, -0.2) is 4.79 Å². The fourth-order valence-electron chi connectivity index (χ4n) is 3.34. The van der Waals surface area contributed by atoms with E-state index in [1.165, 1.54) is 13.2 Å². The van der Waals surface area contributed by atoms with E-state index in [4.69, 9.17) is 9.47 Å². The summed E-state index contributed by atoms with van der Waals surface area (Å²) in [5.41, 5.74) is 0.638. The van der Waals surface area contributed by atoms with Gasteiger partial charge in [0.05, 0.1) is 7.11 Å². The number of hydrogen-bond donors (Lipinski definition) is 1. The standard InChI is InChI=1S/C23H18O4/c1-14-19(24)11-12-20(22(14)23(25)26-2)27-21-13-15-7-3-4-8-16(15)17-9-5-6-10-18(17)21/h3-13,24H,1-2H3. The minimum atomic E-state index is -0.552. The minimum absolute atomic E-state index is 0.0196. The van der Waals surface area contributed by atoms with Gasteiger partial charge >= 0.3 is 5.97 Å². The molecule has 0 amide bonds. The van der Waals surface area contributed by atoms with Crippen molar-refractivity contribution < 1.29 is 19.4 Å². The Balaban J connectivity index is 1.94. The Labute approximate surface area is 156 Å². The highest BCUT2D eigenvalue weighted by molar-refractivity contribution is 6.10. The molecule has 4 nitrogen and oxygen atoms in total. The topological polar surface area (TPSA) is 55.8 Å². The molecule has 0 heterocycles. The first-order valence-electron chi connectivity index (χ1n) is 8.59. The molecule has 0 unspecified atom stereocenters. The number of phenolic OH excluding ortho intramolecular Hbond substituents is 1. The molecule has 0 aromatic heterocycles. The van der Waals surface area contributed by atoms with Crippen LogP contribution in [0.2, 0.25) is 0 Å². The van der Waals surface area contributed by atoms with Crippen LogP contribution in [0.1, 0.15) is 15.9 Å². The molecular formula is C23H18O4. The summed E-state index contributed by atoms with van der Waals surface area (Å²) in [7, 11) is 1.31. The number of methoxy groups -OCH3 is 1. The quantitative estimate of drug-likeness (QED) is 0.383. The third-order valence-electron chi connectivity index (χ3n) is 4.74. The Kier molecular flexibility index (Phi) is 4.16. The van der Waals surface area contributed by atoms with E-state index in [9.17, 15) is 9.90 Å². The predicted octanol–water partition coefficient (Wildman–Crippen LogP) is 5.59. The van der Waals surface area contributed by atoms with Crippen LogP contribution in [-0.2, 0) is 4.74 Å². The largest absolute Gasteiger partial charge is 0.508 e. The molecule has 4 aromatic rings. The predicted molar refractivity (Wildman–Crippen MR) is 106 cm³/mol. The molecule has 0 saturated carbocycles. The molecule has 0 fully saturated rings. The van der Waals surface area contributed by atoms with Gasteiger partial charge in [0.2, 0.25) is 0 Å². The van der Waals surface area contributed by atoms with Crippen LogP contribution in [-0.4, -0.2) is 18.2 Å². The van der Waals surface area contributed by atoms with Crippen molar-refractivity contribution in [3.8, 4) is 17.2 Å². The molecule has 4 heteroatoms. The lowest BCUT2D eigenvalue weighted by atomic mass is 10.0. The highest BCUT2D eigenvalue weighted by Gasteiger charge is 2.20. The van der Waals surface area contributed by atoms with E-state index in [2.05, 4.69) is 6.07 Å². The lowest BCUT2D eigenvalue weighted by molar-refractivity contribution is 0.0596. The SMILES string of the molecule is COC(=O)c1c(Oc2cc3ccccc3c3ccccc23)ccc(O)c1C. The normalized spacial score (nSPS) is 10.9. The number of benzene rings is 4. The molecule has 0 spiro atoms. The van der Waals surface area contributed by atoms with Gasteiger partial charge in [-0.15, -0.1) is 0 Å². The molecule has 0 saturated heterocycles. The second-order valence-corrected chi connectivity index (χ2v) is 6.32. The van der Waals surface area contributed by atoms with Crippen LogP contribution < -0.4 is 4.74 Å². The first-order valence-corrected chi connectivity index (χ1v) is 8.59. The number of fused-ring (bicyclic) bond motifs is 3. The lowest BCUT2D eigenvalue weighted by Gasteiger charge is -2.15. The Bertz CT molecular complexity index is 1180. The van der Waals surface area contributed by atoms with Gasteiger partial charge in [-0.05, 0) is 41.3 Å². The molecule has 0 radical (unpaired) electrons. The van der Waals surface area contributed by atoms with Crippen LogP contribution >= 0.6 is 0 Å². The van der Waals surface area contributed by atoms with Crippen LogP contribution in [0.15, 0.2) is 66.7 Å². The molecule has 0 bridgehead atoms. The van der Waals surface area contributed by atoms with E-state index >= 15 is 0 Å². The third kappa shape index (κ3) is 2.85. The second-order valence-electron chi connectivity index (χ2n) is 6.32. The van der Waals surface area contributed by atoms with Crippen molar-refractivity contribution in [3.05, 3.63) is 77.9 Å². The maximum Gasteiger partial charge on any atom is 0.342 e. The zero-order valence-electron chi connectivity index (χ0n) is 15.0. The van der Waals surface area contributed by atoms with Crippen molar-refractivity contribution in [1.29, 1.82) is 0 Å². The van der Waals surface area contributed by atoms with E-state index in [1.54, 1.807) is 13.0 Å². The molecule has 134 valence electrons. The first-order chi connectivity index (χ1) is 13.1. The zero-order valence-corrected chi connectivity index (χ0v) is 15.0. The van der Waals surface area contributed by atoms with E-state index in [-0.39, 0.29) is 11.3 Å². The Morgan fingerprint density at radius 2 is 1.52 bits per heavy atom. The number of carbonyl (C=O) groups excluding carboxylic acids is 1. The number of aromatic hydroxyl groups is 1. The number of hydrogen-bond acceptors (Lipinski definition) is 4. The number of ether oxygens (including phenoxy) is 2. The summed E-state index contributed by atoms with van der Waals surface area (Å²) in [5.74, 6) is 0.451. The van der Waals surface area contributed by atoms with Crippen molar-refractivity contribution in [1.82, 2.24) is 0 Å². The fraction of sp³-hybridized carbons (Fsp3) is 0.0870. The van der Waals surface area contributed by atoms with Gasteiger partial charge in [0.15, 0.2) is 0 Å². The number of phenols is 1. The Hall–Kier alpha value is -3.53. The molecule has 1 N–H and O–H groups in total. The van der Waals surface area contributed by atoms with Gasteiger partial charge < -0.3 is 14.6 Å². The molecule has 27 heavy (non-hydrogen) atoms. The monoisotopic (exact) mass is 358 g/mol. The van der Waals surface area contributed by atoms with Gasteiger partial charge in [-0.2, -0.15) is 0 Å². The first kappa shape index (κ1) is 16.9. The highest BCUT2D eigenvalue weighted by Crippen LogP contribution is 2.38. The summed E-state index contributed by atoms with van der Waals surface area (Å²) in [6.45, 7) is 1.66. The van der Waals surface area contributed by atoms with Crippen LogP contribution in [0, 0.1) is 6.92 Å². The summed E-state index contributed by atoms with van der Waals surface area (Å²) < 4.78 is 11.1. The molecule has 0 aliphatic rings. The van der Waals surface area contributed by atoms with Gasteiger partial charge in [0, 0.05) is 10.9 Å². The van der Waals surface area contributed by atoms with Crippen LogP contribution in [0.5, 0.6) is 17.2 Å². The molecule has 0 atom stereocenters. The highest BCUT2D eigenvalue weighted by atomic mass is 16.5. The van der Waals surface area contributed by atoms with Gasteiger partial charge in [0.1, 0.15) is 22.8 Å². The summed E-state index contributed by atoms with van der Waals surface area (Å²) in [6, 6.07) is 21.1. The molecule has 0 aliphatic carbocycles. The maximum atomic E-state index is 12.3. The van der Waals surface area contributed by atoms with Crippen LogP contribution in [0.25, 0.3) is 21.5 Å². The number of rotatable bonds is 3. The second kappa shape index (κ2) is 6.65. The summed E-state index contributed by atoms with van der Waals surface area (Å²) >= 11 is 0. The van der Waals surface area contributed by atoms with Crippen molar-refractivity contribution >= 4 is 27.5 Å². The van der Waals surface area contributed by atoms with Crippen molar-refractivity contribution in [2.24, 2.45) is 0 Å². The lowest BCUT2D eigenvalue weighted by Crippen LogP contribution is -2.06. The van der Waals surface area contributed by atoms with E-state index in [1.807, 2.05) is 48.5 Å². The van der Waals surface area contributed by atoms with Crippen LogP contribution in [0.3, 0.4) is 0 Å². The average molecular weight is 358 g/mol. The molecule has 4 aromatic carbocycles. The van der Waals surface area contributed by atoms with Gasteiger partial charge in [-0.3, -0.25) is 0 Å². The summed E-state index contributed by atoms with van der Waals surface area (Å²) in [6.07, 6.45) is 0. The zero-order chi connectivity index (χ0) is 19.0. The maximum absolute atomic E-state index is 12.3. The van der Waals surface area contributed by atoms with Crippen LogP contribution in [0.4, 0.5) is 0 Å². The minimum Gasteiger partial charge on any atom is -0.508 e. The Morgan fingerprint density at radius 3 is 2.26 bits per heavy atom. The van der Waals surface area contributed by atoms with Crippen molar-refractivity contribution in [3.63, 3.8) is 0 Å². The van der Waals surface area contributed by atoms with Crippen molar-refractivity contribution in [2.75, 3.05) is 7.11 Å². The molecule has 4 rings (SSSR count). The smallest absolute Gasteiger partial charge is 0.342 e. The third-order valence-corrected chi connectivity index (χ3v) is 4.74. The summed E-state index contributed by atoms with van der Waals surface area (Å²) in [5, 5.41) is 14.2. The van der Waals surface area contributed by atoms with E-state index in [0.29, 0.717) is 17.1 Å². The number of esters is 1. The average Bonchev–Trinajstić information content (AvgIpc) is 2.70. The van der Waals surface area contributed by atoms with E-state index < -0.39 is 5.97 Å². The van der Waals surface area contributed by atoms with Gasteiger partial charge in [-0.1, -0.05) is 48.5 Å². The summed E-state index contributed by atoms with van der Waals surface area (Å²) in [4.78, 5) is 12.3.